The molecule has 1 amide bonds. The van der Waals surface area contributed by atoms with E-state index in [4.69, 9.17) is 10.5 Å². The minimum Gasteiger partial charge on any atom is -0.444 e. The van der Waals surface area contributed by atoms with Crippen molar-refractivity contribution in [3.63, 3.8) is 0 Å². The van der Waals surface area contributed by atoms with Crippen LogP contribution < -0.4 is 5.73 Å². The van der Waals surface area contributed by atoms with Gasteiger partial charge in [-0.05, 0) is 51.3 Å². The average Bonchev–Trinajstić information content (AvgIpc) is 2.40. The quantitative estimate of drug-likeness (QED) is 0.802. The summed E-state index contributed by atoms with van der Waals surface area (Å²) >= 11 is 0. The number of benzene rings is 1. The monoisotopic (exact) mass is 288 g/mol. The zero-order valence-electron chi connectivity index (χ0n) is 13.1. The molecule has 0 bridgehead atoms. The molecule has 21 heavy (non-hydrogen) atoms. The molecule has 1 saturated heterocycles. The van der Waals surface area contributed by atoms with Crippen molar-refractivity contribution in [3.05, 3.63) is 35.4 Å². The van der Waals surface area contributed by atoms with Crippen molar-refractivity contribution >= 4 is 17.9 Å². The van der Waals surface area contributed by atoms with Gasteiger partial charge in [-0.1, -0.05) is 23.8 Å². The minimum absolute atomic E-state index is 0.214. The molecular weight excluding hydrogens is 264 g/mol. The van der Waals surface area contributed by atoms with Gasteiger partial charge >= 0.3 is 6.09 Å². The molecule has 4 heteroatoms. The molecule has 0 aliphatic carbocycles. The van der Waals surface area contributed by atoms with Gasteiger partial charge in [-0.3, -0.25) is 0 Å². The Kier molecular flexibility index (Phi) is 4.56. The fourth-order valence-electron chi connectivity index (χ4n) is 2.28. The van der Waals surface area contributed by atoms with Crippen LogP contribution >= 0.6 is 0 Å². The Hall–Kier alpha value is -1.97. The fourth-order valence-corrected chi connectivity index (χ4v) is 2.28. The average molecular weight is 288 g/mol. The molecule has 114 valence electrons. The highest BCUT2D eigenvalue weighted by atomic mass is 16.6. The molecule has 1 aliphatic heterocycles. The summed E-state index contributed by atoms with van der Waals surface area (Å²) in [6.45, 7) is 7.11. The van der Waals surface area contributed by atoms with E-state index < -0.39 is 5.60 Å². The second kappa shape index (κ2) is 6.20. The Morgan fingerprint density at radius 2 is 1.76 bits per heavy atom. The van der Waals surface area contributed by atoms with Crippen LogP contribution in [0, 0.1) is 0 Å². The molecule has 1 aromatic carbocycles. The number of rotatable bonds is 1. The molecule has 0 aromatic heterocycles. The van der Waals surface area contributed by atoms with Crippen LogP contribution in [0.15, 0.2) is 29.8 Å². The van der Waals surface area contributed by atoms with Gasteiger partial charge in [0.2, 0.25) is 0 Å². The number of carbonyl (C=O) groups is 1. The maximum atomic E-state index is 12.0. The van der Waals surface area contributed by atoms with Crippen LogP contribution in [0.3, 0.4) is 0 Å². The first-order valence-electron chi connectivity index (χ1n) is 7.36. The molecule has 0 atom stereocenters. The Morgan fingerprint density at radius 3 is 2.29 bits per heavy atom. The van der Waals surface area contributed by atoms with Gasteiger partial charge in [0.1, 0.15) is 5.60 Å². The fraction of sp³-hybridized carbons (Fsp3) is 0.471. The van der Waals surface area contributed by atoms with Crippen LogP contribution in [0.25, 0.3) is 6.08 Å². The number of carbonyl (C=O) groups excluding carboxylic acids is 1. The summed E-state index contributed by atoms with van der Waals surface area (Å²) in [7, 11) is 0. The van der Waals surface area contributed by atoms with Crippen LogP contribution in [-0.2, 0) is 4.74 Å². The maximum absolute atomic E-state index is 12.0. The highest BCUT2D eigenvalue weighted by molar-refractivity contribution is 5.68. The number of ether oxygens (including phenoxy) is 1. The third-order valence-electron chi connectivity index (χ3n) is 3.36. The van der Waals surface area contributed by atoms with Crippen LogP contribution in [0.2, 0.25) is 0 Å². The van der Waals surface area contributed by atoms with Gasteiger partial charge in [0.15, 0.2) is 0 Å². The number of anilines is 1. The van der Waals surface area contributed by atoms with Gasteiger partial charge in [-0.15, -0.1) is 0 Å². The lowest BCUT2D eigenvalue weighted by Gasteiger charge is -2.31. The SMILES string of the molecule is CC(C)(C)OC(=O)N1CCC(=Cc2ccc(N)cc2)CC1. The highest BCUT2D eigenvalue weighted by Gasteiger charge is 2.24. The molecule has 2 rings (SSSR count). The van der Waals surface area contributed by atoms with E-state index in [-0.39, 0.29) is 6.09 Å². The summed E-state index contributed by atoms with van der Waals surface area (Å²) in [4.78, 5) is 13.8. The maximum Gasteiger partial charge on any atom is 0.410 e. The Labute approximate surface area is 126 Å². The van der Waals surface area contributed by atoms with Gasteiger partial charge in [0.05, 0.1) is 0 Å². The third-order valence-corrected chi connectivity index (χ3v) is 3.36. The number of nitrogens with zero attached hydrogens (tertiary/aromatic N) is 1. The van der Waals surface area contributed by atoms with E-state index in [0.717, 1.165) is 37.2 Å². The van der Waals surface area contributed by atoms with Crippen LogP contribution in [0.1, 0.15) is 39.2 Å². The topological polar surface area (TPSA) is 55.6 Å². The van der Waals surface area contributed by atoms with E-state index >= 15 is 0 Å². The highest BCUT2D eigenvalue weighted by Crippen LogP contribution is 2.21. The molecule has 2 N–H and O–H groups in total. The Morgan fingerprint density at radius 1 is 1.19 bits per heavy atom. The van der Waals surface area contributed by atoms with Crippen molar-refractivity contribution in [2.45, 2.75) is 39.2 Å². The second-order valence-electron chi connectivity index (χ2n) is 6.44. The number of nitrogens with two attached hydrogens (primary N) is 1. The third kappa shape index (κ3) is 4.81. The van der Waals surface area contributed by atoms with Crippen LogP contribution in [0.5, 0.6) is 0 Å². The normalized spacial score (nSPS) is 15.8. The predicted octanol–water partition coefficient (Wildman–Crippen LogP) is 3.68. The van der Waals surface area contributed by atoms with Crippen molar-refractivity contribution in [1.82, 2.24) is 4.90 Å². The van der Waals surface area contributed by atoms with E-state index in [1.165, 1.54) is 5.57 Å². The smallest absolute Gasteiger partial charge is 0.410 e. The zero-order valence-corrected chi connectivity index (χ0v) is 13.1. The van der Waals surface area contributed by atoms with Gasteiger partial charge in [-0.25, -0.2) is 4.79 Å². The number of hydrogen-bond acceptors (Lipinski definition) is 3. The zero-order chi connectivity index (χ0) is 15.5. The Bertz CT molecular complexity index is 517. The first kappa shape index (κ1) is 15.4. The standard InChI is InChI=1S/C17H24N2O2/c1-17(2,3)21-16(20)19-10-8-14(9-11-19)12-13-4-6-15(18)7-5-13/h4-7,12H,8-11,18H2,1-3H3. The molecular formula is C17H24N2O2. The molecule has 1 aromatic rings. The molecule has 1 heterocycles. The lowest BCUT2D eigenvalue weighted by atomic mass is 10.0. The van der Waals surface area contributed by atoms with Gasteiger partial charge in [0.25, 0.3) is 0 Å². The molecule has 1 aliphatic rings. The summed E-state index contributed by atoms with van der Waals surface area (Å²) in [5, 5.41) is 0. The van der Waals surface area contributed by atoms with E-state index in [2.05, 4.69) is 6.08 Å². The van der Waals surface area contributed by atoms with E-state index in [0.29, 0.717) is 0 Å². The molecule has 0 saturated carbocycles. The van der Waals surface area contributed by atoms with Crippen LogP contribution in [-0.4, -0.2) is 29.7 Å². The molecule has 0 radical (unpaired) electrons. The summed E-state index contributed by atoms with van der Waals surface area (Å²) in [6, 6.07) is 7.84. The summed E-state index contributed by atoms with van der Waals surface area (Å²) < 4.78 is 5.40. The summed E-state index contributed by atoms with van der Waals surface area (Å²) in [6.07, 6.45) is 3.76. The number of likely N-dealkylation sites (tertiary alicyclic amines) is 1. The van der Waals surface area contributed by atoms with Crippen molar-refractivity contribution < 1.29 is 9.53 Å². The largest absolute Gasteiger partial charge is 0.444 e. The predicted molar refractivity (Wildman–Crippen MR) is 85.9 cm³/mol. The number of nitrogen functional groups attached to an aromatic ring is 1. The second-order valence-corrected chi connectivity index (χ2v) is 6.44. The van der Waals surface area contributed by atoms with Crippen molar-refractivity contribution in [2.24, 2.45) is 0 Å². The Balaban J connectivity index is 1.91. The number of piperidine rings is 1. The lowest BCUT2D eigenvalue weighted by molar-refractivity contribution is 0.0237. The lowest BCUT2D eigenvalue weighted by Crippen LogP contribution is -2.40. The van der Waals surface area contributed by atoms with Gasteiger partial charge < -0.3 is 15.4 Å². The van der Waals surface area contributed by atoms with E-state index in [1.807, 2.05) is 45.0 Å². The first-order valence-corrected chi connectivity index (χ1v) is 7.36. The molecule has 0 unspecified atom stereocenters. The summed E-state index contributed by atoms with van der Waals surface area (Å²) in [5.74, 6) is 0. The van der Waals surface area contributed by atoms with E-state index in [9.17, 15) is 4.79 Å². The van der Waals surface area contributed by atoms with Crippen LogP contribution in [0.4, 0.5) is 10.5 Å². The molecule has 1 fully saturated rings. The van der Waals surface area contributed by atoms with E-state index in [1.54, 1.807) is 4.90 Å². The van der Waals surface area contributed by atoms with Crippen molar-refractivity contribution in [2.75, 3.05) is 18.8 Å². The van der Waals surface area contributed by atoms with Gasteiger partial charge in [-0.2, -0.15) is 0 Å². The number of amides is 1. The summed E-state index contributed by atoms with van der Waals surface area (Å²) in [5.41, 5.74) is 8.54. The molecule has 0 spiro atoms. The van der Waals surface area contributed by atoms with Crippen molar-refractivity contribution in [1.29, 1.82) is 0 Å². The number of hydrogen-bond donors (Lipinski definition) is 1. The first-order chi connectivity index (χ1) is 9.83. The van der Waals surface area contributed by atoms with Gasteiger partial charge in [0, 0.05) is 18.8 Å². The molecule has 4 nitrogen and oxygen atoms in total. The van der Waals surface area contributed by atoms with Crippen molar-refractivity contribution in [3.8, 4) is 0 Å². The minimum atomic E-state index is -0.433.